The molecule has 4 nitrogen and oxygen atoms in total. The van der Waals surface area contributed by atoms with Crippen LogP contribution in [0.15, 0.2) is 27.6 Å². The standard InChI is InChI=1S/C13H19BrN2O2S/c1-3-10-7-12(10)16-19(17,18)13-5-4-9(8-15-2)6-11(13)14/h4-6,10,12,15-16H,3,7-8H2,1-2H3. The molecule has 0 bridgehead atoms. The molecule has 2 atom stereocenters. The molecule has 1 aliphatic rings. The van der Waals surface area contributed by atoms with Gasteiger partial charge in [0.2, 0.25) is 10.0 Å². The van der Waals surface area contributed by atoms with Gasteiger partial charge >= 0.3 is 0 Å². The molecule has 0 spiro atoms. The van der Waals surface area contributed by atoms with Crippen molar-refractivity contribution in [3.8, 4) is 0 Å². The zero-order valence-corrected chi connectivity index (χ0v) is 13.5. The quantitative estimate of drug-likeness (QED) is 0.830. The van der Waals surface area contributed by atoms with Crippen molar-refractivity contribution >= 4 is 26.0 Å². The van der Waals surface area contributed by atoms with Crippen LogP contribution in [0, 0.1) is 5.92 Å². The Morgan fingerprint density at radius 3 is 2.68 bits per heavy atom. The van der Waals surface area contributed by atoms with E-state index in [1.165, 1.54) is 0 Å². The van der Waals surface area contributed by atoms with Gasteiger partial charge in [-0.15, -0.1) is 0 Å². The summed E-state index contributed by atoms with van der Waals surface area (Å²) in [5.74, 6) is 0.497. The average molecular weight is 347 g/mol. The molecular weight excluding hydrogens is 328 g/mol. The van der Waals surface area contributed by atoms with Crippen molar-refractivity contribution in [3.05, 3.63) is 28.2 Å². The van der Waals surface area contributed by atoms with E-state index in [9.17, 15) is 8.42 Å². The zero-order chi connectivity index (χ0) is 14.0. The first kappa shape index (κ1) is 15.0. The van der Waals surface area contributed by atoms with Crippen LogP contribution in [0.5, 0.6) is 0 Å². The summed E-state index contributed by atoms with van der Waals surface area (Å²) in [6.45, 7) is 2.80. The van der Waals surface area contributed by atoms with Gasteiger partial charge in [0.25, 0.3) is 0 Å². The molecule has 106 valence electrons. The molecule has 1 aromatic carbocycles. The summed E-state index contributed by atoms with van der Waals surface area (Å²) in [5, 5.41) is 3.04. The predicted molar refractivity (Wildman–Crippen MR) is 79.4 cm³/mol. The Morgan fingerprint density at radius 2 is 2.16 bits per heavy atom. The first-order chi connectivity index (χ1) is 8.97. The molecule has 0 radical (unpaired) electrons. The SMILES string of the molecule is CCC1CC1NS(=O)(=O)c1ccc(CNC)cc1Br. The van der Waals surface area contributed by atoms with E-state index in [-0.39, 0.29) is 6.04 Å². The minimum Gasteiger partial charge on any atom is -0.316 e. The lowest BCUT2D eigenvalue weighted by Crippen LogP contribution is -2.27. The summed E-state index contributed by atoms with van der Waals surface area (Å²) in [6, 6.07) is 5.44. The minimum atomic E-state index is -3.42. The van der Waals surface area contributed by atoms with Crippen LogP contribution in [-0.4, -0.2) is 21.5 Å². The van der Waals surface area contributed by atoms with Crippen LogP contribution in [0.1, 0.15) is 25.3 Å². The van der Waals surface area contributed by atoms with Gasteiger partial charge in [-0.2, -0.15) is 0 Å². The Morgan fingerprint density at radius 1 is 1.42 bits per heavy atom. The van der Waals surface area contributed by atoms with Crippen LogP contribution in [-0.2, 0) is 16.6 Å². The maximum Gasteiger partial charge on any atom is 0.241 e. The van der Waals surface area contributed by atoms with E-state index in [0.717, 1.165) is 18.4 Å². The van der Waals surface area contributed by atoms with Crippen LogP contribution >= 0.6 is 15.9 Å². The first-order valence-corrected chi connectivity index (χ1v) is 8.71. The van der Waals surface area contributed by atoms with Crippen molar-refractivity contribution < 1.29 is 8.42 Å². The second kappa shape index (κ2) is 5.91. The Kier molecular flexibility index (Phi) is 4.66. The number of hydrogen-bond donors (Lipinski definition) is 2. The molecule has 19 heavy (non-hydrogen) atoms. The number of hydrogen-bond acceptors (Lipinski definition) is 3. The van der Waals surface area contributed by atoms with E-state index in [2.05, 4.69) is 32.9 Å². The van der Waals surface area contributed by atoms with Crippen molar-refractivity contribution in [2.45, 2.75) is 37.2 Å². The summed E-state index contributed by atoms with van der Waals surface area (Å²) in [4.78, 5) is 0.314. The highest BCUT2D eigenvalue weighted by Gasteiger charge is 2.38. The predicted octanol–water partition coefficient (Wildman–Crippen LogP) is 2.25. The van der Waals surface area contributed by atoms with Gasteiger partial charge in [0.15, 0.2) is 0 Å². The third kappa shape index (κ3) is 3.56. The van der Waals surface area contributed by atoms with E-state index >= 15 is 0 Å². The number of halogens is 1. The molecule has 1 saturated carbocycles. The fourth-order valence-electron chi connectivity index (χ4n) is 2.18. The maximum atomic E-state index is 12.3. The molecular formula is C13H19BrN2O2S. The van der Waals surface area contributed by atoms with Gasteiger partial charge in [-0.1, -0.05) is 19.4 Å². The largest absolute Gasteiger partial charge is 0.316 e. The first-order valence-electron chi connectivity index (χ1n) is 6.43. The molecule has 0 saturated heterocycles. The fourth-order valence-corrected chi connectivity index (χ4v) is 4.62. The summed E-state index contributed by atoms with van der Waals surface area (Å²) >= 11 is 3.35. The fraction of sp³-hybridized carbons (Fsp3) is 0.538. The van der Waals surface area contributed by atoms with Crippen LogP contribution < -0.4 is 10.0 Å². The third-order valence-electron chi connectivity index (χ3n) is 3.42. The van der Waals surface area contributed by atoms with Crippen molar-refractivity contribution in [2.75, 3.05) is 7.05 Å². The van der Waals surface area contributed by atoms with E-state index in [0.29, 0.717) is 21.8 Å². The lowest BCUT2D eigenvalue weighted by atomic mass is 10.2. The molecule has 0 aromatic heterocycles. The summed E-state index contributed by atoms with van der Waals surface area (Å²) in [7, 11) is -1.56. The van der Waals surface area contributed by atoms with Crippen molar-refractivity contribution in [2.24, 2.45) is 5.92 Å². The van der Waals surface area contributed by atoms with Gasteiger partial charge < -0.3 is 5.32 Å². The van der Waals surface area contributed by atoms with Crippen molar-refractivity contribution in [1.29, 1.82) is 0 Å². The summed E-state index contributed by atoms with van der Waals surface area (Å²) in [6.07, 6.45) is 1.97. The van der Waals surface area contributed by atoms with E-state index < -0.39 is 10.0 Å². The smallest absolute Gasteiger partial charge is 0.241 e. The molecule has 1 aliphatic carbocycles. The lowest BCUT2D eigenvalue weighted by molar-refractivity contribution is 0.575. The van der Waals surface area contributed by atoms with Gasteiger partial charge in [-0.25, -0.2) is 13.1 Å². The molecule has 0 heterocycles. The monoisotopic (exact) mass is 346 g/mol. The van der Waals surface area contributed by atoms with Crippen LogP contribution in [0.3, 0.4) is 0 Å². The highest BCUT2D eigenvalue weighted by Crippen LogP contribution is 2.35. The Labute approximate surface area is 123 Å². The molecule has 2 rings (SSSR count). The summed E-state index contributed by atoms with van der Waals surface area (Å²) in [5.41, 5.74) is 1.05. The average Bonchev–Trinajstić information content (AvgIpc) is 3.06. The molecule has 1 aromatic rings. The normalized spacial score (nSPS) is 22.5. The van der Waals surface area contributed by atoms with E-state index in [1.54, 1.807) is 6.07 Å². The number of benzene rings is 1. The zero-order valence-electron chi connectivity index (χ0n) is 11.1. The van der Waals surface area contributed by atoms with Gasteiger partial charge in [-0.05, 0) is 53.0 Å². The minimum absolute atomic E-state index is 0.110. The van der Waals surface area contributed by atoms with Gasteiger partial charge in [-0.3, -0.25) is 0 Å². The number of rotatable bonds is 6. The van der Waals surface area contributed by atoms with Crippen LogP contribution in [0.25, 0.3) is 0 Å². The second-order valence-corrected chi connectivity index (χ2v) is 7.46. The van der Waals surface area contributed by atoms with Gasteiger partial charge in [0.1, 0.15) is 0 Å². The van der Waals surface area contributed by atoms with Crippen LogP contribution in [0.2, 0.25) is 0 Å². The topological polar surface area (TPSA) is 58.2 Å². The Hall–Kier alpha value is -0.430. The molecule has 0 amide bonds. The Bertz CT molecular complexity index is 560. The third-order valence-corrected chi connectivity index (χ3v) is 5.89. The van der Waals surface area contributed by atoms with E-state index in [4.69, 9.17) is 0 Å². The molecule has 2 unspecified atom stereocenters. The number of nitrogens with one attached hydrogen (secondary N) is 2. The molecule has 6 heteroatoms. The molecule has 1 fully saturated rings. The number of sulfonamides is 1. The van der Waals surface area contributed by atoms with Gasteiger partial charge in [0, 0.05) is 17.1 Å². The van der Waals surface area contributed by atoms with Gasteiger partial charge in [0.05, 0.1) is 4.90 Å². The van der Waals surface area contributed by atoms with E-state index in [1.807, 2.05) is 19.2 Å². The molecule has 0 aliphatic heterocycles. The lowest BCUT2D eigenvalue weighted by Gasteiger charge is -2.09. The van der Waals surface area contributed by atoms with Crippen LogP contribution in [0.4, 0.5) is 0 Å². The molecule has 2 N–H and O–H groups in total. The van der Waals surface area contributed by atoms with Crippen molar-refractivity contribution in [1.82, 2.24) is 10.0 Å². The van der Waals surface area contributed by atoms with Crippen molar-refractivity contribution in [3.63, 3.8) is 0 Å². The Balaban J connectivity index is 2.16. The highest BCUT2D eigenvalue weighted by molar-refractivity contribution is 9.10. The maximum absolute atomic E-state index is 12.3. The summed E-state index contributed by atoms with van der Waals surface area (Å²) < 4.78 is 27.9. The highest BCUT2D eigenvalue weighted by atomic mass is 79.9. The second-order valence-electron chi connectivity index (χ2n) is 4.93.